The minimum Gasteiger partial charge on any atom is -0.472 e. The van der Waals surface area contributed by atoms with Crippen molar-refractivity contribution in [2.24, 2.45) is 0 Å². The molecular formula is C9H13NO3. The standard InChI is InChI=1S/C9H13NO3/c11-6-8-5-9(10-13-8)12-7-3-1-2-4-7/h5,7,11H,1-4,6H2. The Labute approximate surface area is 76.5 Å². The van der Waals surface area contributed by atoms with E-state index < -0.39 is 0 Å². The first kappa shape index (κ1) is 8.56. The predicted octanol–water partition coefficient (Wildman–Crippen LogP) is 1.49. The Bertz CT molecular complexity index is 266. The Morgan fingerprint density at radius 2 is 2.31 bits per heavy atom. The Morgan fingerprint density at radius 3 is 2.92 bits per heavy atom. The number of hydrogen-bond donors (Lipinski definition) is 1. The third-order valence-corrected chi connectivity index (χ3v) is 2.28. The Hall–Kier alpha value is -1.03. The summed E-state index contributed by atoms with van der Waals surface area (Å²) in [7, 11) is 0. The second-order valence-electron chi connectivity index (χ2n) is 3.31. The molecule has 0 unspecified atom stereocenters. The molecule has 1 saturated carbocycles. The molecule has 1 aliphatic carbocycles. The SMILES string of the molecule is OCc1cc(OC2CCCC2)no1. The van der Waals surface area contributed by atoms with Crippen LogP contribution in [0.25, 0.3) is 0 Å². The van der Waals surface area contributed by atoms with Crippen molar-refractivity contribution in [3.63, 3.8) is 0 Å². The van der Waals surface area contributed by atoms with E-state index in [0.717, 1.165) is 12.8 Å². The maximum Gasteiger partial charge on any atom is 0.254 e. The lowest BCUT2D eigenvalue weighted by Crippen LogP contribution is -2.10. The van der Waals surface area contributed by atoms with Gasteiger partial charge >= 0.3 is 0 Å². The fraction of sp³-hybridized carbons (Fsp3) is 0.667. The molecule has 0 spiro atoms. The first-order valence-corrected chi connectivity index (χ1v) is 4.61. The molecule has 1 aliphatic rings. The quantitative estimate of drug-likeness (QED) is 0.771. The summed E-state index contributed by atoms with van der Waals surface area (Å²) >= 11 is 0. The molecule has 0 atom stereocenters. The van der Waals surface area contributed by atoms with E-state index in [1.54, 1.807) is 6.07 Å². The van der Waals surface area contributed by atoms with Gasteiger partial charge in [0.1, 0.15) is 12.7 Å². The van der Waals surface area contributed by atoms with Gasteiger partial charge in [-0.2, -0.15) is 0 Å². The van der Waals surface area contributed by atoms with Gasteiger partial charge in [0.25, 0.3) is 5.88 Å². The summed E-state index contributed by atoms with van der Waals surface area (Å²) in [5.74, 6) is 0.948. The van der Waals surface area contributed by atoms with E-state index in [2.05, 4.69) is 5.16 Å². The summed E-state index contributed by atoms with van der Waals surface area (Å²) in [6.07, 6.45) is 4.95. The number of ether oxygens (including phenoxy) is 1. The monoisotopic (exact) mass is 183 g/mol. The normalized spacial score (nSPS) is 17.9. The molecule has 13 heavy (non-hydrogen) atoms. The molecule has 4 heteroatoms. The van der Waals surface area contributed by atoms with E-state index in [1.807, 2.05) is 0 Å². The third-order valence-electron chi connectivity index (χ3n) is 2.28. The fourth-order valence-corrected chi connectivity index (χ4v) is 1.60. The molecule has 4 nitrogen and oxygen atoms in total. The van der Waals surface area contributed by atoms with Gasteiger partial charge in [0.05, 0.1) is 0 Å². The predicted molar refractivity (Wildman–Crippen MR) is 45.3 cm³/mol. The van der Waals surface area contributed by atoms with Crippen molar-refractivity contribution in [3.05, 3.63) is 11.8 Å². The van der Waals surface area contributed by atoms with Gasteiger partial charge in [-0.25, -0.2) is 0 Å². The number of aromatic nitrogens is 1. The molecule has 2 rings (SSSR count). The zero-order chi connectivity index (χ0) is 9.10. The highest BCUT2D eigenvalue weighted by molar-refractivity contribution is 5.10. The number of aliphatic hydroxyl groups is 1. The lowest BCUT2D eigenvalue weighted by molar-refractivity contribution is 0.185. The maximum atomic E-state index is 8.72. The highest BCUT2D eigenvalue weighted by Crippen LogP contribution is 2.23. The Kier molecular flexibility index (Phi) is 2.49. The van der Waals surface area contributed by atoms with Crippen molar-refractivity contribution >= 4 is 0 Å². The van der Waals surface area contributed by atoms with Crippen LogP contribution in [0.1, 0.15) is 31.4 Å². The van der Waals surface area contributed by atoms with Gasteiger partial charge in [-0.1, -0.05) is 0 Å². The number of rotatable bonds is 3. The van der Waals surface area contributed by atoms with E-state index in [1.165, 1.54) is 12.8 Å². The largest absolute Gasteiger partial charge is 0.472 e. The highest BCUT2D eigenvalue weighted by Gasteiger charge is 2.17. The lowest BCUT2D eigenvalue weighted by atomic mass is 10.3. The zero-order valence-electron chi connectivity index (χ0n) is 7.40. The summed E-state index contributed by atoms with van der Waals surface area (Å²) < 4.78 is 10.3. The zero-order valence-corrected chi connectivity index (χ0v) is 7.40. The van der Waals surface area contributed by atoms with Gasteiger partial charge in [-0.3, -0.25) is 0 Å². The van der Waals surface area contributed by atoms with Gasteiger partial charge < -0.3 is 14.4 Å². The van der Waals surface area contributed by atoms with E-state index >= 15 is 0 Å². The molecule has 0 aromatic carbocycles. The van der Waals surface area contributed by atoms with Crippen molar-refractivity contribution in [2.45, 2.75) is 38.4 Å². The molecule has 1 fully saturated rings. The van der Waals surface area contributed by atoms with Gasteiger partial charge in [0.15, 0.2) is 5.76 Å². The molecule has 72 valence electrons. The van der Waals surface area contributed by atoms with E-state index in [9.17, 15) is 0 Å². The maximum absolute atomic E-state index is 8.72. The molecule has 1 heterocycles. The topological polar surface area (TPSA) is 55.5 Å². The van der Waals surface area contributed by atoms with Crippen LogP contribution in [0.5, 0.6) is 5.88 Å². The average Bonchev–Trinajstić information content (AvgIpc) is 2.76. The van der Waals surface area contributed by atoms with Crippen LogP contribution in [-0.4, -0.2) is 16.4 Å². The van der Waals surface area contributed by atoms with Crippen molar-refractivity contribution in [3.8, 4) is 5.88 Å². The second-order valence-corrected chi connectivity index (χ2v) is 3.31. The molecule has 1 N–H and O–H groups in total. The first-order valence-electron chi connectivity index (χ1n) is 4.61. The van der Waals surface area contributed by atoms with Gasteiger partial charge in [-0.15, -0.1) is 0 Å². The van der Waals surface area contributed by atoms with Crippen LogP contribution in [0.2, 0.25) is 0 Å². The van der Waals surface area contributed by atoms with Crippen LogP contribution >= 0.6 is 0 Å². The Balaban J connectivity index is 1.92. The number of aliphatic hydroxyl groups excluding tert-OH is 1. The molecule has 1 aromatic heterocycles. The van der Waals surface area contributed by atoms with Crippen molar-refractivity contribution < 1.29 is 14.4 Å². The van der Waals surface area contributed by atoms with Gasteiger partial charge in [0, 0.05) is 6.07 Å². The van der Waals surface area contributed by atoms with Crippen LogP contribution in [0.4, 0.5) is 0 Å². The van der Waals surface area contributed by atoms with Crippen LogP contribution < -0.4 is 4.74 Å². The van der Waals surface area contributed by atoms with Crippen molar-refractivity contribution in [2.75, 3.05) is 0 Å². The van der Waals surface area contributed by atoms with Crippen LogP contribution in [0.3, 0.4) is 0 Å². The minimum atomic E-state index is -0.124. The highest BCUT2D eigenvalue weighted by atomic mass is 16.5. The summed E-state index contributed by atoms with van der Waals surface area (Å²) in [4.78, 5) is 0. The Morgan fingerprint density at radius 1 is 1.54 bits per heavy atom. The van der Waals surface area contributed by atoms with Crippen molar-refractivity contribution in [1.82, 2.24) is 5.16 Å². The molecule has 1 aromatic rings. The van der Waals surface area contributed by atoms with Gasteiger partial charge in [0.2, 0.25) is 0 Å². The fourth-order valence-electron chi connectivity index (χ4n) is 1.60. The molecule has 0 amide bonds. The summed E-state index contributed by atoms with van der Waals surface area (Å²) in [5.41, 5.74) is 0. The van der Waals surface area contributed by atoms with E-state index in [4.69, 9.17) is 14.4 Å². The molecule has 0 aliphatic heterocycles. The smallest absolute Gasteiger partial charge is 0.254 e. The molecular weight excluding hydrogens is 170 g/mol. The van der Waals surface area contributed by atoms with Crippen LogP contribution in [0.15, 0.2) is 10.6 Å². The van der Waals surface area contributed by atoms with Crippen molar-refractivity contribution in [1.29, 1.82) is 0 Å². The summed E-state index contributed by atoms with van der Waals surface area (Å²) in [6, 6.07) is 1.64. The van der Waals surface area contributed by atoms with Gasteiger partial charge in [-0.05, 0) is 30.8 Å². The molecule has 0 bridgehead atoms. The second kappa shape index (κ2) is 3.79. The minimum absolute atomic E-state index is 0.124. The lowest BCUT2D eigenvalue weighted by Gasteiger charge is -2.08. The van der Waals surface area contributed by atoms with Crippen LogP contribution in [0, 0.1) is 0 Å². The third kappa shape index (κ3) is 2.01. The summed E-state index contributed by atoms with van der Waals surface area (Å²) in [6.45, 7) is -0.124. The average molecular weight is 183 g/mol. The molecule has 0 saturated heterocycles. The molecule has 0 radical (unpaired) electrons. The first-order chi connectivity index (χ1) is 6.38. The van der Waals surface area contributed by atoms with Crippen LogP contribution in [-0.2, 0) is 6.61 Å². The number of nitrogens with zero attached hydrogens (tertiary/aromatic N) is 1. The van der Waals surface area contributed by atoms with E-state index in [0.29, 0.717) is 11.6 Å². The van der Waals surface area contributed by atoms with E-state index in [-0.39, 0.29) is 12.7 Å². The summed E-state index contributed by atoms with van der Waals surface area (Å²) in [5, 5.41) is 12.4. The number of hydrogen-bond acceptors (Lipinski definition) is 4.